The van der Waals surface area contributed by atoms with Crippen molar-refractivity contribution in [1.82, 2.24) is 0 Å². The fourth-order valence-electron chi connectivity index (χ4n) is 2.60. The predicted octanol–water partition coefficient (Wildman–Crippen LogP) is 5.22. The molecule has 0 saturated heterocycles. The van der Waals surface area contributed by atoms with Crippen molar-refractivity contribution in [2.75, 3.05) is 5.32 Å². The highest BCUT2D eigenvalue weighted by molar-refractivity contribution is 9.10. The summed E-state index contributed by atoms with van der Waals surface area (Å²) in [6, 6.07) is 9.63. The van der Waals surface area contributed by atoms with Crippen molar-refractivity contribution < 1.29 is 13.2 Å². The van der Waals surface area contributed by atoms with E-state index in [9.17, 15) is 13.2 Å². The Labute approximate surface area is 129 Å². The van der Waals surface area contributed by atoms with Gasteiger partial charge >= 0.3 is 0 Å². The van der Waals surface area contributed by atoms with E-state index in [2.05, 4.69) is 33.4 Å². The second-order valence-electron chi connectivity index (χ2n) is 5.31. The molecule has 1 aliphatic carbocycles. The van der Waals surface area contributed by atoms with Gasteiger partial charge < -0.3 is 5.32 Å². The second-order valence-corrected chi connectivity index (χ2v) is 6.22. The first-order chi connectivity index (χ1) is 10.0. The number of hydrogen-bond donors (Lipinski definition) is 1. The fourth-order valence-corrected chi connectivity index (χ4v) is 2.86. The fraction of sp³-hybridized carbons (Fsp3) is 0.250. The zero-order valence-corrected chi connectivity index (χ0v) is 12.6. The molecule has 110 valence electrons. The van der Waals surface area contributed by atoms with E-state index in [0.717, 1.165) is 23.4 Å². The van der Waals surface area contributed by atoms with E-state index in [0.29, 0.717) is 12.0 Å². The average molecular weight is 356 g/mol. The maximum atomic E-state index is 13.5. The predicted molar refractivity (Wildman–Crippen MR) is 79.8 cm³/mol. The van der Waals surface area contributed by atoms with Crippen LogP contribution in [-0.4, -0.2) is 6.04 Å². The normalized spacial score (nSPS) is 21.0. The Morgan fingerprint density at radius 3 is 2.19 bits per heavy atom. The molecule has 0 aliphatic heterocycles. The molecule has 1 N–H and O–H groups in total. The Kier molecular flexibility index (Phi) is 3.93. The van der Waals surface area contributed by atoms with E-state index in [1.807, 2.05) is 12.1 Å². The monoisotopic (exact) mass is 355 g/mol. The zero-order valence-electron chi connectivity index (χ0n) is 11.0. The van der Waals surface area contributed by atoms with Crippen molar-refractivity contribution in [2.24, 2.45) is 0 Å². The molecule has 1 nitrogen and oxygen atoms in total. The molecule has 5 heteroatoms. The Morgan fingerprint density at radius 2 is 1.52 bits per heavy atom. The summed E-state index contributed by atoms with van der Waals surface area (Å²) in [4.78, 5) is 0. The van der Waals surface area contributed by atoms with Gasteiger partial charge in [-0.05, 0) is 36.5 Å². The van der Waals surface area contributed by atoms with Crippen LogP contribution in [0.4, 0.5) is 18.9 Å². The van der Waals surface area contributed by atoms with Gasteiger partial charge in [-0.3, -0.25) is 0 Å². The van der Waals surface area contributed by atoms with Gasteiger partial charge in [0.1, 0.15) is 5.82 Å². The summed E-state index contributed by atoms with van der Waals surface area (Å²) in [6.07, 6.45) is 1.69. The van der Waals surface area contributed by atoms with Gasteiger partial charge in [-0.25, -0.2) is 13.2 Å². The van der Waals surface area contributed by atoms with Crippen molar-refractivity contribution in [2.45, 2.75) is 24.8 Å². The van der Waals surface area contributed by atoms with E-state index in [1.54, 1.807) is 0 Å². The Balaban J connectivity index is 1.62. The van der Waals surface area contributed by atoms with Gasteiger partial charge in [-0.1, -0.05) is 28.1 Å². The van der Waals surface area contributed by atoms with Gasteiger partial charge in [-0.2, -0.15) is 0 Å². The van der Waals surface area contributed by atoms with Crippen LogP contribution in [0.1, 0.15) is 24.3 Å². The quantitative estimate of drug-likeness (QED) is 0.743. The van der Waals surface area contributed by atoms with Crippen LogP contribution < -0.4 is 5.32 Å². The van der Waals surface area contributed by atoms with Crippen LogP contribution >= 0.6 is 15.9 Å². The zero-order chi connectivity index (χ0) is 15.0. The van der Waals surface area contributed by atoms with Crippen LogP contribution in [-0.2, 0) is 0 Å². The largest absolute Gasteiger partial charge is 0.380 e. The third kappa shape index (κ3) is 3.07. The lowest BCUT2D eigenvalue weighted by Crippen LogP contribution is -2.34. The molecule has 0 amide bonds. The minimum absolute atomic E-state index is 0.0214. The highest BCUT2D eigenvalue weighted by atomic mass is 79.9. The molecule has 1 fully saturated rings. The molecule has 21 heavy (non-hydrogen) atoms. The number of halogens is 4. The van der Waals surface area contributed by atoms with Gasteiger partial charge in [-0.15, -0.1) is 0 Å². The average Bonchev–Trinajstić information content (AvgIpc) is 2.40. The smallest absolute Gasteiger partial charge is 0.161 e. The van der Waals surface area contributed by atoms with Gasteiger partial charge in [0, 0.05) is 22.6 Å². The summed E-state index contributed by atoms with van der Waals surface area (Å²) in [5.74, 6) is -2.55. The van der Waals surface area contributed by atoms with Gasteiger partial charge in [0.25, 0.3) is 0 Å². The molecule has 0 unspecified atom stereocenters. The Bertz CT molecular complexity index is 651. The van der Waals surface area contributed by atoms with E-state index < -0.39 is 17.5 Å². The lowest BCUT2D eigenvalue weighted by Gasteiger charge is -2.37. The molecule has 2 aromatic carbocycles. The van der Waals surface area contributed by atoms with Gasteiger partial charge in [0.2, 0.25) is 0 Å². The van der Waals surface area contributed by atoms with Crippen LogP contribution in [0.2, 0.25) is 0 Å². The first kappa shape index (κ1) is 14.4. The summed E-state index contributed by atoms with van der Waals surface area (Å²) in [7, 11) is 0. The first-order valence-corrected chi connectivity index (χ1v) is 7.49. The van der Waals surface area contributed by atoms with Crippen LogP contribution in [0, 0.1) is 17.5 Å². The number of anilines is 1. The minimum atomic E-state index is -1.17. The topological polar surface area (TPSA) is 12.0 Å². The van der Waals surface area contributed by atoms with E-state index in [1.165, 1.54) is 5.56 Å². The molecule has 0 radical (unpaired) electrons. The Hall–Kier alpha value is -1.49. The third-order valence-electron chi connectivity index (χ3n) is 3.85. The number of hydrogen-bond acceptors (Lipinski definition) is 1. The van der Waals surface area contributed by atoms with Crippen LogP contribution in [0.25, 0.3) is 0 Å². The number of benzene rings is 2. The van der Waals surface area contributed by atoms with Crippen molar-refractivity contribution in [3.63, 3.8) is 0 Å². The highest BCUT2D eigenvalue weighted by Gasteiger charge is 2.30. The molecule has 0 bridgehead atoms. The molecule has 0 aromatic heterocycles. The summed E-state index contributed by atoms with van der Waals surface area (Å²) in [6.45, 7) is 0. The highest BCUT2D eigenvalue weighted by Crippen LogP contribution is 2.39. The maximum absolute atomic E-state index is 13.5. The maximum Gasteiger partial charge on any atom is 0.161 e. The molecule has 0 heterocycles. The second kappa shape index (κ2) is 5.72. The standard InChI is InChI=1S/C16H13BrF3N/c17-11-3-1-9(2-4-11)10-5-12(6-10)21-16-8-14(19)13(18)7-15(16)20/h1-4,7-8,10,12,21H,5-6H2. The molecule has 2 aromatic rings. The molecular weight excluding hydrogens is 343 g/mol. The summed E-state index contributed by atoms with van der Waals surface area (Å²) in [5.41, 5.74) is 1.26. The van der Waals surface area contributed by atoms with E-state index in [4.69, 9.17) is 0 Å². The van der Waals surface area contributed by atoms with Crippen LogP contribution in [0.3, 0.4) is 0 Å². The van der Waals surface area contributed by atoms with Gasteiger partial charge in [0.05, 0.1) is 5.69 Å². The van der Waals surface area contributed by atoms with Crippen LogP contribution in [0.5, 0.6) is 0 Å². The molecule has 1 saturated carbocycles. The number of nitrogens with one attached hydrogen (secondary N) is 1. The van der Waals surface area contributed by atoms with E-state index >= 15 is 0 Å². The van der Waals surface area contributed by atoms with E-state index in [-0.39, 0.29) is 11.7 Å². The van der Waals surface area contributed by atoms with Crippen molar-refractivity contribution in [3.8, 4) is 0 Å². The van der Waals surface area contributed by atoms with Crippen LogP contribution in [0.15, 0.2) is 40.9 Å². The minimum Gasteiger partial charge on any atom is -0.380 e. The lowest BCUT2D eigenvalue weighted by atomic mass is 9.76. The van der Waals surface area contributed by atoms with Crippen molar-refractivity contribution in [1.29, 1.82) is 0 Å². The summed E-state index contributed by atoms with van der Waals surface area (Å²) >= 11 is 3.39. The summed E-state index contributed by atoms with van der Waals surface area (Å²) in [5, 5.41) is 2.93. The van der Waals surface area contributed by atoms with Crippen molar-refractivity contribution in [3.05, 3.63) is 63.9 Å². The Morgan fingerprint density at radius 1 is 0.905 bits per heavy atom. The molecule has 0 spiro atoms. The SMILES string of the molecule is Fc1cc(F)c(NC2CC(c3ccc(Br)cc3)C2)cc1F. The lowest BCUT2D eigenvalue weighted by molar-refractivity contribution is 0.372. The van der Waals surface area contributed by atoms with Gasteiger partial charge in [0.15, 0.2) is 11.6 Å². The summed E-state index contributed by atoms with van der Waals surface area (Å²) < 4.78 is 40.6. The molecule has 0 atom stereocenters. The molecule has 1 aliphatic rings. The molecule has 3 rings (SSSR count). The molecular formula is C16H13BrF3N. The third-order valence-corrected chi connectivity index (χ3v) is 4.38. The first-order valence-electron chi connectivity index (χ1n) is 6.69. The van der Waals surface area contributed by atoms with Crippen molar-refractivity contribution >= 4 is 21.6 Å². The number of rotatable bonds is 3.